The van der Waals surface area contributed by atoms with Crippen LogP contribution in [0.2, 0.25) is 5.02 Å². The highest BCUT2D eigenvalue weighted by Gasteiger charge is 2.35. The number of amides is 2. The van der Waals surface area contributed by atoms with Crippen molar-refractivity contribution in [3.8, 4) is 11.5 Å². The van der Waals surface area contributed by atoms with Crippen molar-refractivity contribution in [2.75, 3.05) is 7.11 Å². The Morgan fingerprint density at radius 1 is 1.06 bits per heavy atom. The Hall–Kier alpha value is -2.81. The Labute approximate surface area is 213 Å². The predicted octanol–water partition coefficient (Wildman–Crippen LogP) is 7.07. The average Bonchev–Trinajstić information content (AvgIpc) is 3.07. The number of carbonyl (C=O) groups is 2. The van der Waals surface area contributed by atoms with Gasteiger partial charge in [0.1, 0.15) is 12.4 Å². The number of halogens is 3. The van der Waals surface area contributed by atoms with Gasteiger partial charge in [-0.05, 0) is 70.9 Å². The number of thioether (sulfide) groups is 1. The van der Waals surface area contributed by atoms with E-state index in [1.165, 1.54) is 24.1 Å². The summed E-state index contributed by atoms with van der Waals surface area (Å²) >= 11 is 10.3. The lowest BCUT2D eigenvalue weighted by atomic mass is 10.1. The molecular weight excluding hydrogens is 545 g/mol. The Morgan fingerprint density at radius 3 is 2.53 bits per heavy atom. The number of imide groups is 1. The summed E-state index contributed by atoms with van der Waals surface area (Å²) < 4.78 is 25.3. The third-order valence-electron chi connectivity index (χ3n) is 4.98. The molecule has 0 radical (unpaired) electrons. The largest absolute Gasteiger partial charge is 0.493 e. The van der Waals surface area contributed by atoms with Crippen LogP contribution in [0.3, 0.4) is 0 Å². The van der Waals surface area contributed by atoms with Gasteiger partial charge in [-0.1, -0.05) is 51.8 Å². The van der Waals surface area contributed by atoms with Crippen molar-refractivity contribution < 1.29 is 23.5 Å². The van der Waals surface area contributed by atoms with Gasteiger partial charge < -0.3 is 9.47 Å². The predicted molar refractivity (Wildman–Crippen MR) is 134 cm³/mol. The van der Waals surface area contributed by atoms with E-state index in [-0.39, 0.29) is 30.1 Å². The van der Waals surface area contributed by atoms with Crippen LogP contribution in [0.4, 0.5) is 9.18 Å². The second-order valence-corrected chi connectivity index (χ2v) is 9.62. The summed E-state index contributed by atoms with van der Waals surface area (Å²) in [5, 5.41) is 0.240. The molecule has 0 bridgehead atoms. The molecule has 3 aromatic carbocycles. The van der Waals surface area contributed by atoms with E-state index in [2.05, 4.69) is 15.9 Å². The molecule has 1 aliphatic heterocycles. The molecule has 34 heavy (non-hydrogen) atoms. The first-order valence-electron chi connectivity index (χ1n) is 10.1. The lowest BCUT2D eigenvalue weighted by molar-refractivity contribution is -0.123. The molecule has 174 valence electrons. The molecule has 4 rings (SSSR count). The van der Waals surface area contributed by atoms with Crippen LogP contribution in [-0.4, -0.2) is 23.2 Å². The van der Waals surface area contributed by atoms with Gasteiger partial charge in [0, 0.05) is 9.50 Å². The number of nitrogens with zero attached hydrogens (tertiary/aromatic N) is 1. The Morgan fingerprint density at radius 2 is 1.82 bits per heavy atom. The summed E-state index contributed by atoms with van der Waals surface area (Å²) in [7, 11) is 1.50. The quantitative estimate of drug-likeness (QED) is 0.288. The highest BCUT2D eigenvalue weighted by molar-refractivity contribution is 9.10. The fourth-order valence-corrected chi connectivity index (χ4v) is 4.66. The van der Waals surface area contributed by atoms with Gasteiger partial charge in [0.2, 0.25) is 0 Å². The van der Waals surface area contributed by atoms with Gasteiger partial charge >= 0.3 is 0 Å². The first kappa shape index (κ1) is 24.3. The molecule has 1 saturated heterocycles. The van der Waals surface area contributed by atoms with Crippen LogP contribution in [0.1, 0.15) is 16.7 Å². The second kappa shape index (κ2) is 10.6. The van der Waals surface area contributed by atoms with Crippen molar-refractivity contribution >= 4 is 56.5 Å². The molecule has 0 spiro atoms. The maximum atomic E-state index is 13.4. The molecule has 2 amide bonds. The zero-order valence-corrected chi connectivity index (χ0v) is 21.0. The van der Waals surface area contributed by atoms with Crippen molar-refractivity contribution in [3.63, 3.8) is 0 Å². The third-order valence-corrected chi connectivity index (χ3v) is 6.83. The molecular formula is C25H18BrClFNO4S. The zero-order valence-electron chi connectivity index (χ0n) is 17.9. The van der Waals surface area contributed by atoms with Crippen molar-refractivity contribution in [3.05, 3.63) is 97.6 Å². The Kier molecular flexibility index (Phi) is 7.60. The molecule has 9 heteroatoms. The van der Waals surface area contributed by atoms with E-state index in [1.54, 1.807) is 54.6 Å². The van der Waals surface area contributed by atoms with Gasteiger partial charge in [-0.25, -0.2) is 4.39 Å². The monoisotopic (exact) mass is 561 g/mol. The van der Waals surface area contributed by atoms with E-state index in [0.717, 1.165) is 17.3 Å². The fourth-order valence-electron chi connectivity index (χ4n) is 3.27. The Bertz CT molecular complexity index is 1280. The normalized spacial score (nSPS) is 14.7. The summed E-state index contributed by atoms with van der Waals surface area (Å²) in [6, 6.07) is 16.5. The maximum Gasteiger partial charge on any atom is 0.293 e. The van der Waals surface area contributed by atoms with E-state index >= 15 is 0 Å². The van der Waals surface area contributed by atoms with Crippen LogP contribution in [0.5, 0.6) is 11.5 Å². The molecule has 1 heterocycles. The minimum absolute atomic E-state index is 0.156. The summed E-state index contributed by atoms with van der Waals surface area (Å²) in [5.74, 6) is 0.176. The van der Waals surface area contributed by atoms with E-state index < -0.39 is 0 Å². The van der Waals surface area contributed by atoms with E-state index in [9.17, 15) is 14.0 Å². The van der Waals surface area contributed by atoms with Gasteiger partial charge in [-0.3, -0.25) is 14.5 Å². The lowest BCUT2D eigenvalue weighted by Crippen LogP contribution is -2.27. The molecule has 0 atom stereocenters. The van der Waals surface area contributed by atoms with Crippen LogP contribution >= 0.6 is 39.3 Å². The summed E-state index contributed by atoms with van der Waals surface area (Å²) in [4.78, 5) is 26.9. The number of ether oxygens (including phenoxy) is 2. The molecule has 0 unspecified atom stereocenters. The third kappa shape index (κ3) is 5.63. The first-order chi connectivity index (χ1) is 16.3. The van der Waals surface area contributed by atoms with Crippen molar-refractivity contribution in [2.24, 2.45) is 0 Å². The number of hydrogen-bond donors (Lipinski definition) is 0. The molecule has 5 nitrogen and oxygen atoms in total. The standard InChI is InChI=1S/C25H18BrClFNO4S/c1-32-21-10-17(20(26)12-22(21)33-14-16-3-2-4-19(28)9-16)11-23-24(30)29(25(31)34-23)13-15-5-7-18(27)8-6-15/h2-12H,13-14H2,1H3/b23-11-. The minimum Gasteiger partial charge on any atom is -0.493 e. The fraction of sp³-hybridized carbons (Fsp3) is 0.120. The minimum atomic E-state index is -0.373. The van der Waals surface area contributed by atoms with Gasteiger partial charge in [0.05, 0.1) is 18.6 Å². The maximum absolute atomic E-state index is 13.4. The first-order valence-corrected chi connectivity index (χ1v) is 12.1. The number of carbonyl (C=O) groups excluding carboxylic acids is 2. The van der Waals surface area contributed by atoms with E-state index in [4.69, 9.17) is 21.1 Å². The van der Waals surface area contributed by atoms with Crippen LogP contribution in [0.25, 0.3) is 6.08 Å². The molecule has 0 saturated carbocycles. The highest BCUT2D eigenvalue weighted by Crippen LogP contribution is 2.38. The van der Waals surface area contributed by atoms with Crippen molar-refractivity contribution in [1.82, 2.24) is 4.90 Å². The van der Waals surface area contributed by atoms with E-state index in [0.29, 0.717) is 37.0 Å². The SMILES string of the molecule is COc1cc(/C=C2\SC(=O)N(Cc3ccc(Cl)cc3)C2=O)c(Br)cc1OCc1cccc(F)c1. The smallest absolute Gasteiger partial charge is 0.293 e. The molecule has 3 aromatic rings. The van der Waals surface area contributed by atoms with Crippen molar-refractivity contribution in [1.29, 1.82) is 0 Å². The molecule has 0 aliphatic carbocycles. The topological polar surface area (TPSA) is 55.8 Å². The second-order valence-electron chi connectivity index (χ2n) is 7.34. The Balaban J connectivity index is 1.53. The number of rotatable bonds is 7. The lowest BCUT2D eigenvalue weighted by Gasteiger charge is -2.13. The zero-order chi connectivity index (χ0) is 24.2. The van der Waals surface area contributed by atoms with E-state index in [1.807, 2.05) is 0 Å². The summed E-state index contributed by atoms with van der Waals surface area (Å²) in [6.07, 6.45) is 1.63. The number of methoxy groups -OCH3 is 1. The molecule has 1 fully saturated rings. The van der Waals surface area contributed by atoms with Gasteiger partial charge in [0.15, 0.2) is 11.5 Å². The molecule has 0 aromatic heterocycles. The molecule has 1 aliphatic rings. The van der Waals surface area contributed by atoms with Crippen molar-refractivity contribution in [2.45, 2.75) is 13.2 Å². The van der Waals surface area contributed by atoms with Crippen LogP contribution < -0.4 is 9.47 Å². The van der Waals surface area contributed by atoms with Gasteiger partial charge in [-0.15, -0.1) is 0 Å². The highest BCUT2D eigenvalue weighted by atomic mass is 79.9. The van der Waals surface area contributed by atoms with Gasteiger partial charge in [-0.2, -0.15) is 0 Å². The van der Waals surface area contributed by atoms with Crippen LogP contribution in [0.15, 0.2) is 70.0 Å². The van der Waals surface area contributed by atoms with Crippen LogP contribution in [0, 0.1) is 5.82 Å². The van der Waals surface area contributed by atoms with Crippen LogP contribution in [-0.2, 0) is 17.9 Å². The van der Waals surface area contributed by atoms with Gasteiger partial charge in [0.25, 0.3) is 11.1 Å². The summed E-state index contributed by atoms with van der Waals surface area (Å²) in [5.41, 5.74) is 2.12. The average molecular weight is 563 g/mol. The number of benzene rings is 3. The summed E-state index contributed by atoms with van der Waals surface area (Å²) in [6.45, 7) is 0.319. The number of hydrogen-bond acceptors (Lipinski definition) is 5. The molecule has 0 N–H and O–H groups in total.